The normalized spacial score (nSPS) is 13.7. The van der Waals surface area contributed by atoms with Crippen LogP contribution >= 0.6 is 0 Å². The van der Waals surface area contributed by atoms with Crippen LogP contribution < -0.4 is 45.3 Å². The first-order chi connectivity index (χ1) is 35.8. The average Bonchev–Trinajstić information content (AvgIpc) is 3.97. The van der Waals surface area contributed by atoms with Gasteiger partial charge in [0.05, 0.1) is 33.8 Å². The third-order valence-electron chi connectivity index (χ3n) is 15.1. The summed E-state index contributed by atoms with van der Waals surface area (Å²) in [5.41, 5.74) is 16.5. The van der Waals surface area contributed by atoms with Gasteiger partial charge in [-0.15, -0.1) is 0 Å². The van der Waals surface area contributed by atoms with Crippen molar-refractivity contribution in [3.05, 3.63) is 218 Å². The highest BCUT2D eigenvalue weighted by atomic mass is 16.5. The van der Waals surface area contributed by atoms with Crippen molar-refractivity contribution in [1.82, 2.24) is 9.55 Å². The first kappa shape index (κ1) is 41.6. The maximum atomic E-state index is 6.86. The predicted molar refractivity (Wildman–Crippen MR) is 297 cm³/mol. The van der Waals surface area contributed by atoms with Crippen molar-refractivity contribution in [3.8, 4) is 51.4 Å². The third-order valence-corrected chi connectivity index (χ3v) is 15.1. The van der Waals surface area contributed by atoms with Gasteiger partial charge in [0.2, 0.25) is 0 Å². The summed E-state index contributed by atoms with van der Waals surface area (Å²) in [7, 11) is 0. The Hall–Kier alpha value is -9.21. The summed E-state index contributed by atoms with van der Waals surface area (Å²) in [6, 6.07) is 73.0. The van der Waals surface area contributed by atoms with E-state index in [2.05, 4.69) is 234 Å². The van der Waals surface area contributed by atoms with E-state index in [1.165, 1.54) is 10.9 Å². The number of rotatable bonds is 7. The van der Waals surface area contributed by atoms with E-state index >= 15 is 0 Å². The number of para-hydroxylation sites is 4. The molecule has 0 amide bonds. The second-order valence-electron chi connectivity index (χ2n) is 20.3. The number of ether oxygens (including phenoxy) is 3. The molecule has 0 saturated heterocycles. The second kappa shape index (κ2) is 15.6. The molecule has 11 aromatic rings. The second-order valence-corrected chi connectivity index (χ2v) is 20.3. The number of hydrogen-bond acceptors (Lipinski definition) is 7. The van der Waals surface area contributed by atoms with E-state index in [-0.39, 0.29) is 12.1 Å². The maximum absolute atomic E-state index is 6.86. The molecule has 0 aliphatic carbocycles. The van der Waals surface area contributed by atoms with Crippen LogP contribution in [0, 0.1) is 0 Å². The van der Waals surface area contributed by atoms with Crippen LogP contribution in [0.3, 0.4) is 0 Å². The summed E-state index contributed by atoms with van der Waals surface area (Å²) in [5.74, 6) is 5.79. The van der Waals surface area contributed by atoms with E-state index in [9.17, 15) is 0 Å². The summed E-state index contributed by atoms with van der Waals surface area (Å²) in [5, 5.41) is 2.32. The minimum absolute atomic E-state index is 0.0256. The molecule has 0 fully saturated rings. The molecule has 15 rings (SSSR count). The lowest BCUT2D eigenvalue weighted by Crippen LogP contribution is -2.61. The first-order valence-corrected chi connectivity index (χ1v) is 25.0. The van der Waals surface area contributed by atoms with E-state index in [1.807, 2.05) is 18.3 Å². The van der Waals surface area contributed by atoms with Gasteiger partial charge in [-0.05, 0) is 125 Å². The fraction of sp³-hybridized carbons (Fsp3) is 0.0781. The molecule has 348 valence electrons. The van der Waals surface area contributed by atoms with E-state index in [0.717, 1.165) is 124 Å². The van der Waals surface area contributed by atoms with Gasteiger partial charge >= 0.3 is 0 Å². The number of hydrogen-bond donors (Lipinski definition) is 0. The Balaban J connectivity index is 0.844. The van der Waals surface area contributed by atoms with Crippen molar-refractivity contribution in [2.45, 2.75) is 26.2 Å². The van der Waals surface area contributed by atoms with Gasteiger partial charge < -0.3 is 28.9 Å². The Morgan fingerprint density at radius 3 is 1.85 bits per heavy atom. The molecule has 2 aromatic heterocycles. The summed E-state index contributed by atoms with van der Waals surface area (Å²) in [6.45, 7) is 7.23. The lowest BCUT2D eigenvalue weighted by Gasteiger charge is -2.43. The zero-order chi connectivity index (χ0) is 48.5. The van der Waals surface area contributed by atoms with Crippen LogP contribution in [0.2, 0.25) is 0 Å². The van der Waals surface area contributed by atoms with Crippen LogP contribution in [0.4, 0.5) is 39.8 Å². The van der Waals surface area contributed by atoms with E-state index < -0.39 is 0 Å². The van der Waals surface area contributed by atoms with Gasteiger partial charge in [-0.25, -0.2) is 4.98 Å². The van der Waals surface area contributed by atoms with Crippen molar-refractivity contribution in [3.63, 3.8) is 0 Å². The van der Waals surface area contributed by atoms with E-state index in [0.29, 0.717) is 6.67 Å². The first-order valence-electron chi connectivity index (χ1n) is 25.0. The van der Waals surface area contributed by atoms with Gasteiger partial charge in [-0.3, -0.25) is 4.57 Å². The molecule has 0 atom stereocenters. The standard InChI is InChI=1S/C64H46BN5O3/c1-64(2,3)41-34-35-66-59(36-41)70-48-22-8-7-20-46(48)47-33-32-44(38-54(47)70)71-43-19-11-18-42(37-43)67-39-68(50-24-10-9-23-49(50)67)63-45(40-16-5-4-6-17-40)21-12-27-53(63)69-51-25-13-28-55-60(51)65-61-52(69)26-14-29-56(61)73-58-31-15-30-57(72-55)62(58)65/h4-38H,39H2,1-3H3. The zero-order valence-corrected chi connectivity index (χ0v) is 40.5. The molecule has 0 radical (unpaired) electrons. The molecule has 6 heterocycles. The molecule has 4 aliphatic heterocycles. The zero-order valence-electron chi connectivity index (χ0n) is 40.5. The van der Waals surface area contributed by atoms with Crippen LogP contribution in [0.15, 0.2) is 212 Å². The van der Waals surface area contributed by atoms with Crippen LogP contribution in [0.25, 0.3) is 38.8 Å². The Kier molecular flexibility index (Phi) is 8.91. The summed E-state index contributed by atoms with van der Waals surface area (Å²) in [4.78, 5) is 12.2. The molecule has 0 spiro atoms. The molecule has 73 heavy (non-hydrogen) atoms. The fourth-order valence-corrected chi connectivity index (χ4v) is 11.9. The fourth-order valence-electron chi connectivity index (χ4n) is 11.9. The quantitative estimate of drug-likeness (QED) is 0.148. The van der Waals surface area contributed by atoms with Crippen molar-refractivity contribution in [1.29, 1.82) is 0 Å². The summed E-state index contributed by atoms with van der Waals surface area (Å²) < 4.78 is 22.6. The minimum atomic E-state index is -0.0323. The van der Waals surface area contributed by atoms with Crippen LogP contribution in [-0.2, 0) is 5.41 Å². The van der Waals surface area contributed by atoms with Crippen molar-refractivity contribution < 1.29 is 14.2 Å². The third kappa shape index (κ3) is 6.31. The summed E-state index contributed by atoms with van der Waals surface area (Å²) in [6.07, 6.45) is 1.92. The van der Waals surface area contributed by atoms with Crippen LogP contribution in [0.5, 0.6) is 34.5 Å². The van der Waals surface area contributed by atoms with Crippen LogP contribution in [-0.4, -0.2) is 22.9 Å². The average molecular weight is 944 g/mol. The Bertz CT molecular complexity index is 4010. The minimum Gasteiger partial charge on any atom is -0.458 e. The van der Waals surface area contributed by atoms with Crippen molar-refractivity contribution in [2.24, 2.45) is 0 Å². The number of aromatic nitrogens is 2. The Morgan fingerprint density at radius 2 is 1.10 bits per heavy atom. The van der Waals surface area contributed by atoms with Gasteiger partial charge in [0.1, 0.15) is 47.0 Å². The predicted octanol–water partition coefficient (Wildman–Crippen LogP) is 14.7. The van der Waals surface area contributed by atoms with Crippen molar-refractivity contribution in [2.75, 3.05) is 21.4 Å². The topological polar surface area (TPSA) is 55.2 Å². The Morgan fingerprint density at radius 1 is 0.493 bits per heavy atom. The molecule has 0 unspecified atom stereocenters. The van der Waals surface area contributed by atoms with E-state index in [1.54, 1.807) is 0 Å². The summed E-state index contributed by atoms with van der Waals surface area (Å²) >= 11 is 0. The molecule has 0 saturated carbocycles. The lowest BCUT2D eigenvalue weighted by atomic mass is 9.33. The molecule has 0 N–H and O–H groups in total. The van der Waals surface area contributed by atoms with Crippen LogP contribution in [0.1, 0.15) is 26.3 Å². The molecule has 9 heteroatoms. The van der Waals surface area contributed by atoms with Gasteiger partial charge in [-0.1, -0.05) is 118 Å². The molecule has 0 bridgehead atoms. The molecule has 9 aromatic carbocycles. The monoisotopic (exact) mass is 943 g/mol. The molecule has 8 nitrogen and oxygen atoms in total. The SMILES string of the molecule is CC(C)(C)c1ccnc(-n2c3ccccc3c3ccc(Oc4cccc(N5CN(c6c(-c7ccccc7)cccc6N6c7cccc8c7B7c9c(cccc9Oc9cccc6c97)O8)c6ccccc65)c4)cc32)c1. The van der Waals surface area contributed by atoms with Gasteiger partial charge in [-0.2, -0.15) is 0 Å². The van der Waals surface area contributed by atoms with Gasteiger partial charge in [0, 0.05) is 57.2 Å². The maximum Gasteiger partial charge on any atom is 0.266 e. The smallest absolute Gasteiger partial charge is 0.266 e. The molecule has 4 aliphatic rings. The van der Waals surface area contributed by atoms with Gasteiger partial charge in [0.25, 0.3) is 6.71 Å². The van der Waals surface area contributed by atoms with E-state index in [4.69, 9.17) is 19.2 Å². The lowest BCUT2D eigenvalue weighted by molar-refractivity contribution is 0.464. The number of nitrogens with zero attached hydrogens (tertiary/aromatic N) is 5. The highest BCUT2D eigenvalue weighted by Crippen LogP contribution is 2.54. The largest absolute Gasteiger partial charge is 0.458 e. The number of pyridine rings is 1. The molecular formula is C64H46BN5O3. The van der Waals surface area contributed by atoms with Crippen molar-refractivity contribution >= 4 is 84.7 Å². The number of fused-ring (bicyclic) bond motifs is 4. The highest BCUT2D eigenvalue weighted by Gasteiger charge is 2.48. The molecular weight excluding hydrogens is 898 g/mol. The Labute approximate surface area is 423 Å². The van der Waals surface area contributed by atoms with Gasteiger partial charge in [0.15, 0.2) is 0 Å². The highest BCUT2D eigenvalue weighted by molar-refractivity contribution is 7.00. The number of benzene rings is 9. The number of anilines is 7.